The summed E-state index contributed by atoms with van der Waals surface area (Å²) in [5.74, 6) is -0.883. The summed E-state index contributed by atoms with van der Waals surface area (Å²) < 4.78 is 22.5. The lowest BCUT2D eigenvalue weighted by molar-refractivity contribution is -0.117. The SMILES string of the molecule is O=C(c1ccccc1)c1cccc(N2CC(CS(=O)(=O)Cl)CC2=O)c1. The Kier molecular flexibility index (Phi) is 4.92. The van der Waals surface area contributed by atoms with Crippen LogP contribution in [0.15, 0.2) is 54.6 Å². The van der Waals surface area contributed by atoms with Gasteiger partial charge in [-0.05, 0) is 12.1 Å². The fourth-order valence-corrected chi connectivity index (χ4v) is 4.32. The molecular formula is C18H16ClNO4S. The third kappa shape index (κ3) is 4.27. The summed E-state index contributed by atoms with van der Waals surface area (Å²) in [7, 11) is 1.63. The number of rotatable bonds is 5. The lowest BCUT2D eigenvalue weighted by Gasteiger charge is -2.17. The number of carbonyl (C=O) groups is 2. The smallest absolute Gasteiger partial charge is 0.232 e. The van der Waals surface area contributed by atoms with Gasteiger partial charge in [-0.3, -0.25) is 9.59 Å². The second-order valence-corrected chi connectivity index (χ2v) is 8.85. The topological polar surface area (TPSA) is 71.5 Å². The molecule has 0 aromatic heterocycles. The Balaban J connectivity index is 1.82. The first kappa shape index (κ1) is 17.6. The monoisotopic (exact) mass is 377 g/mol. The van der Waals surface area contributed by atoms with Gasteiger partial charge in [-0.1, -0.05) is 42.5 Å². The highest BCUT2D eigenvalue weighted by atomic mass is 35.7. The highest BCUT2D eigenvalue weighted by molar-refractivity contribution is 8.13. The number of amides is 1. The number of anilines is 1. The fourth-order valence-electron chi connectivity index (χ4n) is 3.00. The Morgan fingerprint density at radius 2 is 1.76 bits per heavy atom. The molecule has 0 N–H and O–H groups in total. The van der Waals surface area contributed by atoms with Crippen LogP contribution in [0.3, 0.4) is 0 Å². The first-order valence-corrected chi connectivity index (χ1v) is 10.2. The molecule has 2 aromatic rings. The lowest BCUT2D eigenvalue weighted by Crippen LogP contribution is -2.25. The van der Waals surface area contributed by atoms with Gasteiger partial charge < -0.3 is 4.90 Å². The van der Waals surface area contributed by atoms with Crippen molar-refractivity contribution in [2.45, 2.75) is 6.42 Å². The standard InChI is InChI=1S/C18H16ClNO4S/c19-25(23,24)12-13-9-17(21)20(11-13)16-8-4-7-15(10-16)18(22)14-5-2-1-3-6-14/h1-8,10,13H,9,11-12H2. The van der Waals surface area contributed by atoms with Gasteiger partial charge in [0.1, 0.15) is 0 Å². The van der Waals surface area contributed by atoms with Crippen LogP contribution < -0.4 is 4.90 Å². The maximum absolute atomic E-state index is 12.5. The number of carbonyl (C=O) groups excluding carboxylic acids is 2. The first-order valence-electron chi connectivity index (χ1n) is 7.76. The van der Waals surface area contributed by atoms with Gasteiger partial charge in [-0.25, -0.2) is 8.42 Å². The molecule has 1 saturated heterocycles. The third-order valence-corrected chi connectivity index (χ3v) is 5.34. The predicted octanol–water partition coefficient (Wildman–Crippen LogP) is 2.84. The molecule has 0 bridgehead atoms. The van der Waals surface area contributed by atoms with Crippen LogP contribution in [0.25, 0.3) is 0 Å². The molecule has 1 unspecified atom stereocenters. The average molecular weight is 378 g/mol. The van der Waals surface area contributed by atoms with Crippen LogP contribution in [-0.2, 0) is 13.8 Å². The summed E-state index contributed by atoms with van der Waals surface area (Å²) >= 11 is 0. The van der Waals surface area contributed by atoms with Crippen LogP contribution in [0.4, 0.5) is 5.69 Å². The number of hydrogen-bond donors (Lipinski definition) is 0. The van der Waals surface area contributed by atoms with Crippen LogP contribution in [0, 0.1) is 5.92 Å². The first-order chi connectivity index (χ1) is 11.8. The van der Waals surface area contributed by atoms with E-state index in [1.807, 2.05) is 6.07 Å². The van der Waals surface area contributed by atoms with E-state index in [4.69, 9.17) is 10.7 Å². The molecule has 130 valence electrons. The van der Waals surface area contributed by atoms with Crippen molar-refractivity contribution in [1.82, 2.24) is 0 Å². The van der Waals surface area contributed by atoms with Crippen LogP contribution in [-0.4, -0.2) is 32.4 Å². The van der Waals surface area contributed by atoms with Crippen LogP contribution in [0.1, 0.15) is 22.3 Å². The van der Waals surface area contributed by atoms with Gasteiger partial charge in [-0.15, -0.1) is 0 Å². The number of nitrogens with zero attached hydrogens (tertiary/aromatic N) is 1. The highest BCUT2D eigenvalue weighted by Gasteiger charge is 2.33. The summed E-state index contributed by atoms with van der Waals surface area (Å²) in [6.07, 6.45) is 0.128. The van der Waals surface area contributed by atoms with Gasteiger partial charge in [0.2, 0.25) is 15.0 Å². The Morgan fingerprint density at radius 3 is 2.44 bits per heavy atom. The molecule has 0 spiro atoms. The number of halogens is 1. The van der Waals surface area contributed by atoms with E-state index >= 15 is 0 Å². The van der Waals surface area contributed by atoms with Crippen molar-refractivity contribution in [3.05, 3.63) is 65.7 Å². The molecular weight excluding hydrogens is 362 g/mol. The quantitative estimate of drug-likeness (QED) is 0.593. The van der Waals surface area contributed by atoms with Gasteiger partial charge >= 0.3 is 0 Å². The average Bonchev–Trinajstić information content (AvgIpc) is 2.93. The zero-order valence-corrected chi connectivity index (χ0v) is 14.8. The summed E-state index contributed by atoms with van der Waals surface area (Å²) in [4.78, 5) is 26.3. The molecule has 2 aromatic carbocycles. The van der Waals surface area contributed by atoms with Crippen LogP contribution in [0.5, 0.6) is 0 Å². The predicted molar refractivity (Wildman–Crippen MR) is 96.4 cm³/mol. The summed E-state index contributed by atoms with van der Waals surface area (Å²) in [5.41, 5.74) is 1.63. The minimum absolute atomic E-state index is 0.128. The van der Waals surface area contributed by atoms with Crippen molar-refractivity contribution < 1.29 is 18.0 Å². The molecule has 1 aliphatic rings. The van der Waals surface area contributed by atoms with E-state index in [1.165, 1.54) is 4.90 Å². The van der Waals surface area contributed by atoms with Crippen LogP contribution >= 0.6 is 10.7 Å². The summed E-state index contributed by atoms with van der Waals surface area (Å²) in [5, 5.41) is 0. The van der Waals surface area contributed by atoms with Crippen molar-refractivity contribution in [3.63, 3.8) is 0 Å². The van der Waals surface area contributed by atoms with Crippen molar-refractivity contribution in [2.75, 3.05) is 17.2 Å². The molecule has 3 rings (SSSR count). The molecule has 1 aliphatic heterocycles. The second kappa shape index (κ2) is 6.98. The van der Waals surface area contributed by atoms with Gasteiger partial charge in [0.05, 0.1) is 5.75 Å². The Bertz CT molecular complexity index is 912. The maximum Gasteiger partial charge on any atom is 0.232 e. The zero-order valence-electron chi connectivity index (χ0n) is 13.3. The van der Waals surface area contributed by atoms with Crippen molar-refractivity contribution in [3.8, 4) is 0 Å². The summed E-state index contributed by atoms with van der Waals surface area (Å²) in [6, 6.07) is 15.7. The minimum atomic E-state index is -3.65. The van der Waals surface area contributed by atoms with Crippen molar-refractivity contribution in [2.24, 2.45) is 5.92 Å². The molecule has 7 heteroatoms. The maximum atomic E-state index is 12.5. The van der Waals surface area contributed by atoms with E-state index in [-0.39, 0.29) is 36.3 Å². The third-order valence-electron chi connectivity index (χ3n) is 4.10. The van der Waals surface area contributed by atoms with E-state index in [0.29, 0.717) is 16.8 Å². The normalized spacial score (nSPS) is 17.7. The van der Waals surface area contributed by atoms with E-state index < -0.39 is 9.05 Å². The van der Waals surface area contributed by atoms with Gasteiger partial charge in [-0.2, -0.15) is 0 Å². The molecule has 1 heterocycles. The highest BCUT2D eigenvalue weighted by Crippen LogP contribution is 2.27. The molecule has 5 nitrogen and oxygen atoms in total. The van der Waals surface area contributed by atoms with Gasteiger partial charge in [0, 0.05) is 46.4 Å². The lowest BCUT2D eigenvalue weighted by atomic mass is 10.0. The molecule has 0 radical (unpaired) electrons. The molecule has 1 atom stereocenters. The second-order valence-electron chi connectivity index (χ2n) is 6.03. The molecule has 1 fully saturated rings. The largest absolute Gasteiger partial charge is 0.312 e. The molecule has 1 amide bonds. The Morgan fingerprint density at radius 1 is 1.08 bits per heavy atom. The molecule has 0 aliphatic carbocycles. The van der Waals surface area contributed by atoms with Gasteiger partial charge in [0.15, 0.2) is 5.78 Å². The van der Waals surface area contributed by atoms with E-state index in [0.717, 1.165) is 0 Å². The number of benzene rings is 2. The summed E-state index contributed by atoms with van der Waals surface area (Å²) in [6.45, 7) is 0.272. The Hall–Kier alpha value is -2.18. The van der Waals surface area contributed by atoms with Crippen LogP contribution in [0.2, 0.25) is 0 Å². The van der Waals surface area contributed by atoms with E-state index in [9.17, 15) is 18.0 Å². The number of hydrogen-bond acceptors (Lipinski definition) is 4. The van der Waals surface area contributed by atoms with E-state index in [2.05, 4.69) is 0 Å². The number of ketones is 1. The minimum Gasteiger partial charge on any atom is -0.312 e. The van der Waals surface area contributed by atoms with Crippen molar-refractivity contribution in [1.29, 1.82) is 0 Å². The molecule has 25 heavy (non-hydrogen) atoms. The van der Waals surface area contributed by atoms with Gasteiger partial charge in [0.25, 0.3) is 0 Å². The van der Waals surface area contributed by atoms with Crippen molar-refractivity contribution >= 4 is 37.1 Å². The fraction of sp³-hybridized carbons (Fsp3) is 0.222. The zero-order chi connectivity index (χ0) is 18.0. The molecule has 0 saturated carbocycles. The Labute approximate surface area is 150 Å². The van der Waals surface area contributed by atoms with E-state index in [1.54, 1.807) is 48.5 Å².